The maximum atomic E-state index is 5.82. The van der Waals surface area contributed by atoms with E-state index in [9.17, 15) is 0 Å². The monoisotopic (exact) mass is 388 g/mol. The summed E-state index contributed by atoms with van der Waals surface area (Å²) in [6, 6.07) is 4.77. The van der Waals surface area contributed by atoms with E-state index in [1.807, 2.05) is 16.8 Å². The zero-order valence-corrected chi connectivity index (χ0v) is 17.0. The van der Waals surface area contributed by atoms with Crippen molar-refractivity contribution in [2.45, 2.75) is 57.8 Å². The Morgan fingerprint density at radius 2 is 1.96 bits per heavy atom. The number of rotatable bonds is 6. The average Bonchev–Trinajstić information content (AvgIpc) is 3.03. The van der Waals surface area contributed by atoms with E-state index >= 15 is 0 Å². The van der Waals surface area contributed by atoms with Gasteiger partial charge in [0.2, 0.25) is 4.77 Å². The molecule has 0 amide bonds. The number of fused-ring (bicyclic) bond motifs is 1. The summed E-state index contributed by atoms with van der Waals surface area (Å²) >= 11 is 5.82. The first-order valence-electron chi connectivity index (χ1n) is 10.2. The Morgan fingerprint density at radius 1 is 1.19 bits per heavy atom. The van der Waals surface area contributed by atoms with Gasteiger partial charge in [0.25, 0.3) is 0 Å². The van der Waals surface area contributed by atoms with E-state index in [4.69, 9.17) is 22.1 Å². The molecule has 3 atom stereocenters. The molecule has 2 aliphatic rings. The quantitative estimate of drug-likeness (QED) is 0.772. The first-order valence-corrected chi connectivity index (χ1v) is 10.6. The van der Waals surface area contributed by atoms with Crippen LogP contribution < -0.4 is 4.90 Å². The molecule has 2 aromatic heterocycles. The maximum Gasteiger partial charge on any atom is 0.203 e. The van der Waals surface area contributed by atoms with Crippen molar-refractivity contribution in [3.05, 3.63) is 29.3 Å². The van der Waals surface area contributed by atoms with E-state index in [0.717, 1.165) is 34.8 Å². The summed E-state index contributed by atoms with van der Waals surface area (Å²) in [7, 11) is 1.72. The van der Waals surface area contributed by atoms with Gasteiger partial charge in [0.05, 0.1) is 25.7 Å². The third-order valence-electron chi connectivity index (χ3n) is 6.24. The summed E-state index contributed by atoms with van der Waals surface area (Å²) in [6.07, 6.45) is 11.9. The molecule has 4 rings (SSSR count). The third-order valence-corrected chi connectivity index (χ3v) is 6.67. The molecule has 27 heavy (non-hydrogen) atoms. The van der Waals surface area contributed by atoms with Crippen molar-refractivity contribution in [3.63, 3.8) is 0 Å². The SMILES string of the molecule is COCCn1c(-c2ccncc2)nn(C[NH+]2CCC[C@@H]3CCCC[C@@H]32)c1=S. The van der Waals surface area contributed by atoms with Crippen LogP contribution in [0.15, 0.2) is 24.5 Å². The van der Waals surface area contributed by atoms with Gasteiger partial charge in [-0.25, -0.2) is 0 Å². The van der Waals surface area contributed by atoms with Crippen LogP contribution in [0.3, 0.4) is 0 Å². The Balaban J connectivity index is 1.62. The highest BCUT2D eigenvalue weighted by Crippen LogP contribution is 2.28. The predicted molar refractivity (Wildman–Crippen MR) is 107 cm³/mol. The summed E-state index contributed by atoms with van der Waals surface area (Å²) in [5.74, 6) is 1.81. The second-order valence-electron chi connectivity index (χ2n) is 7.85. The van der Waals surface area contributed by atoms with Crippen molar-refractivity contribution < 1.29 is 9.64 Å². The number of hydrogen-bond donors (Lipinski definition) is 1. The number of pyridine rings is 1. The fraction of sp³-hybridized carbons (Fsp3) is 0.650. The van der Waals surface area contributed by atoms with Gasteiger partial charge in [-0.2, -0.15) is 4.68 Å². The fourth-order valence-corrected chi connectivity index (χ4v) is 5.18. The number of likely N-dealkylation sites (tertiary alicyclic amines) is 1. The molecule has 1 saturated carbocycles. The van der Waals surface area contributed by atoms with Crippen LogP contribution in [0.4, 0.5) is 0 Å². The Labute approximate surface area is 166 Å². The van der Waals surface area contributed by atoms with Crippen LogP contribution in [-0.4, -0.2) is 45.6 Å². The minimum atomic E-state index is 0.624. The lowest BCUT2D eigenvalue weighted by Crippen LogP contribution is -3.17. The molecule has 6 nitrogen and oxygen atoms in total. The van der Waals surface area contributed by atoms with E-state index in [-0.39, 0.29) is 0 Å². The number of methoxy groups -OCH3 is 1. The molecule has 0 aromatic carbocycles. The van der Waals surface area contributed by atoms with Gasteiger partial charge in [-0.1, -0.05) is 6.42 Å². The summed E-state index contributed by atoms with van der Waals surface area (Å²) in [4.78, 5) is 5.80. The van der Waals surface area contributed by atoms with Crippen molar-refractivity contribution in [2.75, 3.05) is 20.3 Å². The minimum absolute atomic E-state index is 0.624. The maximum absolute atomic E-state index is 5.82. The summed E-state index contributed by atoms with van der Waals surface area (Å²) < 4.78 is 10.3. The number of nitrogens with zero attached hydrogens (tertiary/aromatic N) is 4. The average molecular weight is 389 g/mol. The first kappa shape index (κ1) is 18.8. The number of hydrogen-bond acceptors (Lipinski definition) is 4. The van der Waals surface area contributed by atoms with Crippen LogP contribution in [0, 0.1) is 10.7 Å². The zero-order valence-electron chi connectivity index (χ0n) is 16.1. The molecule has 1 unspecified atom stereocenters. The topological polar surface area (TPSA) is 49.3 Å². The van der Waals surface area contributed by atoms with Gasteiger partial charge in [-0.05, 0) is 56.5 Å². The van der Waals surface area contributed by atoms with Crippen molar-refractivity contribution in [1.82, 2.24) is 19.3 Å². The molecule has 1 aliphatic carbocycles. The number of aromatic nitrogens is 4. The summed E-state index contributed by atoms with van der Waals surface area (Å²) in [5.41, 5.74) is 1.05. The lowest BCUT2D eigenvalue weighted by Gasteiger charge is -2.40. The van der Waals surface area contributed by atoms with Crippen LogP contribution >= 0.6 is 12.2 Å². The summed E-state index contributed by atoms with van der Waals surface area (Å²) in [5, 5.41) is 4.94. The van der Waals surface area contributed by atoms with Crippen LogP contribution in [0.5, 0.6) is 0 Å². The molecule has 0 radical (unpaired) electrons. The van der Waals surface area contributed by atoms with Crippen molar-refractivity contribution in [2.24, 2.45) is 5.92 Å². The van der Waals surface area contributed by atoms with Gasteiger partial charge in [0.15, 0.2) is 12.5 Å². The molecule has 0 spiro atoms. The molecule has 1 saturated heterocycles. The number of quaternary nitrogens is 1. The van der Waals surface area contributed by atoms with Crippen LogP contribution in [0.1, 0.15) is 38.5 Å². The van der Waals surface area contributed by atoms with Crippen molar-refractivity contribution in [1.29, 1.82) is 0 Å². The fourth-order valence-electron chi connectivity index (χ4n) is 4.90. The molecule has 2 aromatic rings. The van der Waals surface area contributed by atoms with Gasteiger partial charge < -0.3 is 9.64 Å². The van der Waals surface area contributed by atoms with Crippen LogP contribution in [-0.2, 0) is 18.0 Å². The largest absolute Gasteiger partial charge is 0.383 e. The second-order valence-corrected chi connectivity index (χ2v) is 8.21. The highest BCUT2D eigenvalue weighted by molar-refractivity contribution is 7.71. The molecule has 1 N–H and O–H groups in total. The van der Waals surface area contributed by atoms with Gasteiger partial charge in [0.1, 0.15) is 0 Å². The van der Waals surface area contributed by atoms with E-state index in [2.05, 4.69) is 9.55 Å². The number of piperidine rings is 1. The number of ether oxygens (including phenoxy) is 1. The zero-order chi connectivity index (χ0) is 18.6. The Morgan fingerprint density at radius 3 is 2.78 bits per heavy atom. The Kier molecular flexibility index (Phi) is 6.00. The standard InChI is InChI=1S/C20H29N5OS/c1-26-14-13-24-19(17-8-10-21-11-9-17)22-25(20(24)27)15-23-12-4-6-16-5-2-3-7-18(16)23/h8-11,16,18H,2-7,12-15H2,1H3/p+1/t16-,18-/m0/s1. The van der Waals surface area contributed by atoms with Crippen LogP contribution in [0.2, 0.25) is 0 Å². The van der Waals surface area contributed by atoms with E-state index in [1.165, 1.54) is 45.1 Å². The molecular formula is C20H30N5OS+. The highest BCUT2D eigenvalue weighted by atomic mass is 32.1. The molecule has 3 heterocycles. The van der Waals surface area contributed by atoms with Gasteiger partial charge in [-0.15, -0.1) is 5.10 Å². The molecule has 0 bridgehead atoms. The number of nitrogens with one attached hydrogen (secondary N) is 1. The third kappa shape index (κ3) is 4.00. The van der Waals surface area contributed by atoms with Gasteiger partial charge in [0, 0.05) is 31.0 Å². The van der Waals surface area contributed by atoms with Crippen LogP contribution in [0.25, 0.3) is 11.4 Å². The molecule has 146 valence electrons. The Bertz CT molecular complexity index is 800. The van der Waals surface area contributed by atoms with Crippen molar-refractivity contribution in [3.8, 4) is 11.4 Å². The van der Waals surface area contributed by atoms with Gasteiger partial charge >= 0.3 is 0 Å². The predicted octanol–water partition coefficient (Wildman–Crippen LogP) is 2.32. The smallest absolute Gasteiger partial charge is 0.203 e. The second kappa shape index (κ2) is 8.63. The van der Waals surface area contributed by atoms with Gasteiger partial charge in [-0.3, -0.25) is 9.55 Å². The van der Waals surface area contributed by atoms with Crippen molar-refractivity contribution >= 4 is 12.2 Å². The molecule has 2 fully saturated rings. The highest BCUT2D eigenvalue weighted by Gasteiger charge is 2.36. The first-order chi connectivity index (χ1) is 13.3. The summed E-state index contributed by atoms with van der Waals surface area (Å²) in [6.45, 7) is 3.45. The molecule has 7 heteroatoms. The molecular weight excluding hydrogens is 358 g/mol. The van der Waals surface area contributed by atoms with E-state index < -0.39 is 0 Å². The van der Waals surface area contributed by atoms with E-state index in [1.54, 1.807) is 24.4 Å². The normalized spacial score (nSPS) is 25.3. The Hall–Kier alpha value is -1.57. The lowest BCUT2D eigenvalue weighted by molar-refractivity contribution is -0.958. The molecule has 1 aliphatic heterocycles. The minimum Gasteiger partial charge on any atom is -0.383 e. The lowest BCUT2D eigenvalue weighted by atomic mass is 9.78. The van der Waals surface area contributed by atoms with E-state index in [0.29, 0.717) is 13.2 Å².